The van der Waals surface area contributed by atoms with Crippen LogP contribution in [0.1, 0.15) is 0 Å². The lowest BCUT2D eigenvalue weighted by molar-refractivity contribution is 0.963. The highest BCUT2D eigenvalue weighted by molar-refractivity contribution is 8.13. The van der Waals surface area contributed by atoms with E-state index in [0.29, 0.717) is 0 Å². The molecule has 0 aliphatic carbocycles. The van der Waals surface area contributed by atoms with Gasteiger partial charge in [-0.05, 0) is 6.26 Å². The maximum atomic E-state index is 4.12. The topological polar surface area (TPSA) is 24.4 Å². The predicted octanol–water partition coefficient (Wildman–Crippen LogP) is 0.421. The van der Waals surface area contributed by atoms with Crippen LogP contribution >= 0.6 is 25.3 Å². The zero-order valence-corrected chi connectivity index (χ0v) is 6.59. The fraction of sp³-hybridized carbons (Fsp3) is 0.750. The van der Waals surface area contributed by atoms with E-state index in [0.717, 1.165) is 18.3 Å². The van der Waals surface area contributed by atoms with Gasteiger partial charge in [0.05, 0.1) is 6.54 Å². The number of nitrogens with one attached hydrogen (secondary N) is 1. The van der Waals surface area contributed by atoms with Crippen molar-refractivity contribution in [2.24, 2.45) is 4.99 Å². The van der Waals surface area contributed by atoms with Gasteiger partial charge in [0, 0.05) is 6.54 Å². The minimum atomic E-state index is 0. The Morgan fingerprint density at radius 3 is 2.75 bits per heavy atom. The summed E-state index contributed by atoms with van der Waals surface area (Å²) in [7, 11) is 0. The van der Waals surface area contributed by atoms with Crippen LogP contribution in [0.15, 0.2) is 4.99 Å². The van der Waals surface area contributed by atoms with E-state index >= 15 is 0 Å². The van der Waals surface area contributed by atoms with Gasteiger partial charge in [0.1, 0.15) is 0 Å². The quantitative estimate of drug-likeness (QED) is 0.541. The van der Waals surface area contributed by atoms with Crippen LogP contribution < -0.4 is 5.32 Å². The summed E-state index contributed by atoms with van der Waals surface area (Å²) in [6.07, 6.45) is 2.02. The van der Waals surface area contributed by atoms with Crippen LogP contribution in [0, 0.1) is 0 Å². The van der Waals surface area contributed by atoms with Crippen molar-refractivity contribution in [3.05, 3.63) is 0 Å². The normalized spacial score (nSPS) is 16.4. The van der Waals surface area contributed by atoms with E-state index < -0.39 is 0 Å². The highest BCUT2D eigenvalue weighted by Crippen LogP contribution is 1.97. The van der Waals surface area contributed by atoms with Crippen LogP contribution in [0.2, 0.25) is 0 Å². The van der Waals surface area contributed by atoms with E-state index in [1.165, 1.54) is 0 Å². The minimum Gasteiger partial charge on any atom is -0.363 e. The molecule has 2 nitrogen and oxygen atoms in total. The number of hydrogen-bond donors (Lipinski definition) is 1. The van der Waals surface area contributed by atoms with Crippen molar-refractivity contribution in [1.82, 2.24) is 5.32 Å². The van der Waals surface area contributed by atoms with Gasteiger partial charge in [0.25, 0.3) is 0 Å². The molecule has 0 aromatic rings. The first kappa shape index (κ1) is 8.17. The van der Waals surface area contributed by atoms with E-state index in [-0.39, 0.29) is 13.5 Å². The molecule has 0 bridgehead atoms. The van der Waals surface area contributed by atoms with E-state index in [1.54, 1.807) is 11.8 Å². The maximum absolute atomic E-state index is 4.12. The van der Waals surface area contributed by atoms with Gasteiger partial charge in [0.15, 0.2) is 5.17 Å². The fourth-order valence-corrected chi connectivity index (χ4v) is 0.980. The summed E-state index contributed by atoms with van der Waals surface area (Å²) in [6, 6.07) is 0. The first-order valence-corrected chi connectivity index (χ1v) is 3.48. The molecule has 0 radical (unpaired) electrons. The third-order valence-electron chi connectivity index (χ3n) is 0.837. The smallest absolute Gasteiger partial charge is 0.156 e. The molecule has 1 rings (SSSR count). The third-order valence-corrected chi connectivity index (χ3v) is 1.50. The minimum absolute atomic E-state index is 0. The number of nitrogens with zero attached hydrogens (tertiary/aromatic N) is 1. The number of amidine groups is 1. The second-order valence-electron chi connectivity index (χ2n) is 1.32. The standard InChI is InChI=1S/C4H8N2S.H2S/c1-7-4-5-2-3-6-4;/h2-3H2,1H3,(H,5,6);1H2. The Morgan fingerprint density at radius 1 is 1.75 bits per heavy atom. The lowest BCUT2D eigenvalue weighted by atomic mass is 10.7. The summed E-state index contributed by atoms with van der Waals surface area (Å²) in [4.78, 5) is 4.12. The molecule has 0 saturated carbocycles. The SMILES string of the molecule is CSC1=NCCN1.S. The third kappa shape index (κ3) is 1.96. The Kier molecular flexibility index (Phi) is 4.18. The zero-order chi connectivity index (χ0) is 5.11. The summed E-state index contributed by atoms with van der Waals surface area (Å²) in [5, 5.41) is 4.20. The van der Waals surface area contributed by atoms with Crippen LogP contribution in [0.3, 0.4) is 0 Å². The van der Waals surface area contributed by atoms with E-state index in [4.69, 9.17) is 0 Å². The van der Waals surface area contributed by atoms with Gasteiger partial charge in [-0.3, -0.25) is 4.99 Å². The maximum Gasteiger partial charge on any atom is 0.156 e. The molecule has 0 aromatic heterocycles. The Labute approximate surface area is 60.6 Å². The average molecular weight is 150 g/mol. The number of hydrogen-bond acceptors (Lipinski definition) is 3. The average Bonchev–Trinajstić information content (AvgIpc) is 2.14. The van der Waals surface area contributed by atoms with Gasteiger partial charge < -0.3 is 5.32 Å². The molecule has 4 heteroatoms. The van der Waals surface area contributed by atoms with Gasteiger partial charge in [-0.25, -0.2) is 0 Å². The Balaban J connectivity index is 0.000000490. The van der Waals surface area contributed by atoms with E-state index in [2.05, 4.69) is 10.3 Å². The van der Waals surface area contributed by atoms with Crippen LogP contribution in [-0.2, 0) is 0 Å². The van der Waals surface area contributed by atoms with Crippen LogP contribution in [0.25, 0.3) is 0 Å². The van der Waals surface area contributed by atoms with E-state index in [9.17, 15) is 0 Å². The number of aliphatic imine (C=N–C) groups is 1. The monoisotopic (exact) mass is 150 g/mol. The molecule has 0 atom stereocenters. The van der Waals surface area contributed by atoms with Gasteiger partial charge in [-0.15, -0.1) is 0 Å². The number of thioether (sulfide) groups is 1. The van der Waals surface area contributed by atoms with Crippen LogP contribution in [-0.4, -0.2) is 24.5 Å². The van der Waals surface area contributed by atoms with Crippen molar-refractivity contribution in [2.75, 3.05) is 19.3 Å². The first-order chi connectivity index (χ1) is 3.43. The molecule has 1 aliphatic rings. The van der Waals surface area contributed by atoms with Crippen molar-refractivity contribution in [2.45, 2.75) is 0 Å². The summed E-state index contributed by atoms with van der Waals surface area (Å²) >= 11 is 1.67. The molecule has 1 aliphatic heterocycles. The van der Waals surface area contributed by atoms with Gasteiger partial charge in [-0.1, -0.05) is 11.8 Å². The molecule has 1 N–H and O–H groups in total. The molecule has 0 saturated heterocycles. The van der Waals surface area contributed by atoms with E-state index in [1.807, 2.05) is 6.26 Å². The second-order valence-corrected chi connectivity index (χ2v) is 2.11. The Bertz CT molecular complexity index is 92.0. The predicted molar refractivity (Wildman–Crippen MR) is 44.2 cm³/mol. The second kappa shape index (κ2) is 4.09. The molecular formula is C4H10N2S2. The van der Waals surface area contributed by atoms with Crippen LogP contribution in [0.4, 0.5) is 0 Å². The van der Waals surface area contributed by atoms with Crippen molar-refractivity contribution in [1.29, 1.82) is 0 Å². The molecule has 0 spiro atoms. The molecule has 0 amide bonds. The molecule has 0 fully saturated rings. The molecule has 0 unspecified atom stereocenters. The summed E-state index contributed by atoms with van der Waals surface area (Å²) in [6.45, 7) is 1.98. The van der Waals surface area contributed by atoms with Crippen molar-refractivity contribution < 1.29 is 0 Å². The molecule has 8 heavy (non-hydrogen) atoms. The van der Waals surface area contributed by atoms with Crippen LogP contribution in [0.5, 0.6) is 0 Å². The summed E-state index contributed by atoms with van der Waals surface area (Å²) in [5.74, 6) is 0. The fourth-order valence-electron chi connectivity index (χ4n) is 0.513. The molecule has 1 heterocycles. The Morgan fingerprint density at radius 2 is 2.50 bits per heavy atom. The van der Waals surface area contributed by atoms with Crippen molar-refractivity contribution >= 4 is 30.4 Å². The largest absolute Gasteiger partial charge is 0.363 e. The summed E-state index contributed by atoms with van der Waals surface area (Å²) < 4.78 is 0. The molecule has 48 valence electrons. The highest BCUT2D eigenvalue weighted by Gasteiger charge is 1.99. The van der Waals surface area contributed by atoms with Gasteiger partial charge >= 0.3 is 0 Å². The highest BCUT2D eigenvalue weighted by atomic mass is 32.2. The lowest BCUT2D eigenvalue weighted by Gasteiger charge is -1.91. The first-order valence-electron chi connectivity index (χ1n) is 2.26. The Hall–Kier alpha value is 0.170. The molecular weight excluding hydrogens is 140 g/mol. The molecule has 0 aromatic carbocycles. The van der Waals surface area contributed by atoms with Crippen molar-refractivity contribution in [3.63, 3.8) is 0 Å². The summed E-state index contributed by atoms with van der Waals surface area (Å²) in [5.41, 5.74) is 0. The lowest BCUT2D eigenvalue weighted by Crippen LogP contribution is -2.14. The van der Waals surface area contributed by atoms with Gasteiger partial charge in [-0.2, -0.15) is 13.5 Å². The van der Waals surface area contributed by atoms with Gasteiger partial charge in [0.2, 0.25) is 0 Å². The number of rotatable bonds is 0. The van der Waals surface area contributed by atoms with Crippen molar-refractivity contribution in [3.8, 4) is 0 Å². The zero-order valence-electron chi connectivity index (χ0n) is 4.77.